The lowest BCUT2D eigenvalue weighted by Crippen LogP contribution is -2.42. The Hall–Kier alpha value is -2.50. The number of carbonyl (C=O) groups is 3. The third-order valence-corrected chi connectivity index (χ3v) is 3.86. The number of amides is 4. The highest BCUT2D eigenvalue weighted by atomic mass is 16.2. The van der Waals surface area contributed by atoms with Gasteiger partial charge in [-0.2, -0.15) is 14.3 Å². The van der Waals surface area contributed by atoms with Crippen LogP contribution in [0.1, 0.15) is 18.4 Å². The number of imide groups is 1. The number of nitrogens with one attached hydrogen (secondary N) is 1. The van der Waals surface area contributed by atoms with Gasteiger partial charge in [0.25, 0.3) is 0 Å². The van der Waals surface area contributed by atoms with E-state index in [0.29, 0.717) is 12.8 Å². The van der Waals surface area contributed by atoms with Crippen LogP contribution in [0.25, 0.3) is 0 Å². The highest BCUT2D eigenvalue weighted by Crippen LogP contribution is 2.35. The van der Waals surface area contributed by atoms with Crippen LogP contribution in [-0.2, 0) is 9.59 Å². The number of benzene rings is 1. The van der Waals surface area contributed by atoms with Crippen LogP contribution >= 0.6 is 0 Å². The summed E-state index contributed by atoms with van der Waals surface area (Å²) < 4.78 is 1.49. The molecule has 2 aliphatic heterocycles. The van der Waals surface area contributed by atoms with Crippen LogP contribution in [0, 0.1) is 12.8 Å². The predicted octanol–water partition coefficient (Wildman–Crippen LogP) is 1.33. The highest BCUT2D eigenvalue weighted by Gasteiger charge is 2.40. The third kappa shape index (κ3) is 2.22. The largest absolute Gasteiger partial charge is 0.503 e. The van der Waals surface area contributed by atoms with Gasteiger partial charge in [0.05, 0.1) is 19.2 Å². The van der Waals surface area contributed by atoms with Gasteiger partial charge in [-0.25, -0.2) is 0 Å². The summed E-state index contributed by atoms with van der Waals surface area (Å²) in [7, 11) is 1.71. The quantitative estimate of drug-likeness (QED) is 0.625. The number of piperidine rings is 1. The fraction of sp³-hybridized carbons (Fsp3) is 0.333. The first-order valence-corrected chi connectivity index (χ1v) is 6.83. The van der Waals surface area contributed by atoms with E-state index in [1.807, 2.05) is 25.1 Å². The minimum absolute atomic E-state index is 0.194. The molecule has 1 atom stereocenters. The van der Waals surface area contributed by atoms with Crippen molar-refractivity contribution in [2.45, 2.75) is 19.8 Å². The summed E-state index contributed by atoms with van der Waals surface area (Å²) in [5, 5.41) is 2.30. The molecular formula is C15H16N3O3+. The van der Waals surface area contributed by atoms with Crippen molar-refractivity contribution in [1.82, 2.24) is 5.32 Å². The summed E-state index contributed by atoms with van der Waals surface area (Å²) in [6.07, 6.45) is 2.34. The summed E-state index contributed by atoms with van der Waals surface area (Å²) in [6.45, 7) is 1.96. The van der Waals surface area contributed by atoms with E-state index in [1.54, 1.807) is 18.2 Å². The molecule has 1 unspecified atom stereocenters. The van der Waals surface area contributed by atoms with Crippen molar-refractivity contribution in [3.8, 4) is 0 Å². The normalized spacial score (nSPS) is 23.5. The molecule has 1 N–H and O–H groups in total. The zero-order chi connectivity index (χ0) is 15.1. The van der Waals surface area contributed by atoms with E-state index in [1.165, 1.54) is 4.58 Å². The second-order valence-corrected chi connectivity index (χ2v) is 5.41. The van der Waals surface area contributed by atoms with Crippen molar-refractivity contribution >= 4 is 35.4 Å². The maximum absolute atomic E-state index is 12.3. The summed E-state index contributed by atoms with van der Waals surface area (Å²) in [5.41, 5.74) is 2.65. The zero-order valence-corrected chi connectivity index (χ0v) is 11.9. The molecule has 2 heterocycles. The monoisotopic (exact) mass is 286 g/mol. The van der Waals surface area contributed by atoms with Gasteiger partial charge in [-0.15, -0.1) is 0 Å². The van der Waals surface area contributed by atoms with Crippen molar-refractivity contribution in [3.63, 3.8) is 0 Å². The van der Waals surface area contributed by atoms with E-state index in [0.717, 1.165) is 16.9 Å². The van der Waals surface area contributed by atoms with Crippen LogP contribution in [0.4, 0.5) is 16.2 Å². The molecule has 108 valence electrons. The van der Waals surface area contributed by atoms with E-state index in [-0.39, 0.29) is 17.8 Å². The Morgan fingerprint density at radius 3 is 2.81 bits per heavy atom. The number of urea groups is 1. The molecule has 6 nitrogen and oxygen atoms in total. The number of hydrogen-bond acceptors (Lipinski definition) is 3. The molecule has 6 heteroatoms. The Kier molecular flexibility index (Phi) is 3.08. The number of anilines is 1. The lowest BCUT2D eigenvalue weighted by molar-refractivity contribution is -0.319. The lowest BCUT2D eigenvalue weighted by Gasteiger charge is -2.16. The van der Waals surface area contributed by atoms with Crippen molar-refractivity contribution < 1.29 is 19.0 Å². The first-order chi connectivity index (χ1) is 9.97. The maximum Gasteiger partial charge on any atom is 0.503 e. The predicted molar refractivity (Wildman–Crippen MR) is 76.8 cm³/mol. The van der Waals surface area contributed by atoms with Gasteiger partial charge in [-0.05, 0) is 31.0 Å². The number of fused-ring (bicyclic) bond motifs is 1. The Morgan fingerprint density at radius 1 is 1.33 bits per heavy atom. The van der Waals surface area contributed by atoms with Gasteiger partial charge < -0.3 is 0 Å². The van der Waals surface area contributed by atoms with E-state index in [4.69, 9.17) is 0 Å². The number of aryl methyl sites for hydroxylation is 1. The van der Waals surface area contributed by atoms with Crippen molar-refractivity contribution in [2.24, 2.45) is 5.92 Å². The molecule has 0 radical (unpaired) electrons. The molecular weight excluding hydrogens is 270 g/mol. The van der Waals surface area contributed by atoms with Crippen LogP contribution in [-0.4, -0.2) is 35.7 Å². The molecule has 1 aromatic rings. The van der Waals surface area contributed by atoms with Crippen molar-refractivity contribution in [2.75, 3.05) is 11.9 Å². The Morgan fingerprint density at radius 2 is 2.10 bits per heavy atom. The molecule has 0 bridgehead atoms. The topological polar surface area (TPSA) is 69.5 Å². The summed E-state index contributed by atoms with van der Waals surface area (Å²) >= 11 is 0. The van der Waals surface area contributed by atoms with Gasteiger partial charge in [0.15, 0.2) is 11.4 Å². The lowest BCUT2D eigenvalue weighted by atomic mass is 9.99. The highest BCUT2D eigenvalue weighted by molar-refractivity contribution is 6.06. The molecule has 21 heavy (non-hydrogen) atoms. The number of nitrogens with zero attached hydrogens (tertiary/aromatic N) is 2. The first kappa shape index (κ1) is 13.5. The molecule has 0 aromatic heterocycles. The standard InChI is InChI=1S/C15H15N3O3/c1-9-3-5-11-12(7-9)17(2)15(21)18(11)8-10-4-6-13(19)16-14(10)20/h3,5,7-8,10H,4,6H2,1-2H3/p+1/b18-8-. The minimum atomic E-state index is -0.465. The third-order valence-electron chi connectivity index (χ3n) is 3.86. The SMILES string of the molecule is Cc1ccc2c(c1)N(C)C(=O)/[N+]2=C\C1CCC(=O)NC1=O. The molecule has 4 amide bonds. The van der Waals surface area contributed by atoms with Crippen LogP contribution in [0.2, 0.25) is 0 Å². The molecule has 0 aliphatic carbocycles. The van der Waals surface area contributed by atoms with Crippen LogP contribution in [0.15, 0.2) is 18.2 Å². The second kappa shape index (κ2) is 4.80. The van der Waals surface area contributed by atoms with E-state index in [9.17, 15) is 14.4 Å². The van der Waals surface area contributed by atoms with Crippen molar-refractivity contribution in [3.05, 3.63) is 23.8 Å². The fourth-order valence-corrected chi connectivity index (χ4v) is 2.65. The minimum Gasteiger partial charge on any atom is -0.296 e. The van der Waals surface area contributed by atoms with E-state index < -0.39 is 5.92 Å². The summed E-state index contributed by atoms with van der Waals surface area (Å²) in [6, 6.07) is 5.54. The maximum atomic E-state index is 12.3. The van der Waals surface area contributed by atoms with Gasteiger partial charge in [0.1, 0.15) is 0 Å². The van der Waals surface area contributed by atoms with Gasteiger partial charge >= 0.3 is 6.03 Å². The Balaban J connectivity index is 2.00. The second-order valence-electron chi connectivity index (χ2n) is 5.41. The van der Waals surface area contributed by atoms with Gasteiger partial charge in [-0.1, -0.05) is 6.07 Å². The van der Waals surface area contributed by atoms with Crippen LogP contribution in [0.3, 0.4) is 0 Å². The fourth-order valence-electron chi connectivity index (χ4n) is 2.65. The average molecular weight is 286 g/mol. The Labute approximate surface area is 122 Å². The smallest absolute Gasteiger partial charge is 0.296 e. The summed E-state index contributed by atoms with van der Waals surface area (Å²) in [4.78, 5) is 36.9. The average Bonchev–Trinajstić information content (AvgIpc) is 2.66. The van der Waals surface area contributed by atoms with Gasteiger partial charge in [0, 0.05) is 6.42 Å². The van der Waals surface area contributed by atoms with Crippen LogP contribution < -0.4 is 10.2 Å². The van der Waals surface area contributed by atoms with Crippen molar-refractivity contribution in [1.29, 1.82) is 0 Å². The summed E-state index contributed by atoms with van der Waals surface area (Å²) in [5.74, 6) is -1.07. The Bertz CT molecular complexity index is 693. The van der Waals surface area contributed by atoms with E-state index in [2.05, 4.69) is 5.32 Å². The first-order valence-electron chi connectivity index (χ1n) is 6.83. The van der Waals surface area contributed by atoms with E-state index >= 15 is 0 Å². The molecule has 0 saturated carbocycles. The molecule has 0 spiro atoms. The molecule has 1 aromatic carbocycles. The zero-order valence-electron chi connectivity index (χ0n) is 11.9. The molecule has 3 rings (SSSR count). The molecule has 1 saturated heterocycles. The number of rotatable bonds is 1. The molecule has 1 fully saturated rings. The van der Waals surface area contributed by atoms with Gasteiger partial charge in [-0.3, -0.25) is 14.9 Å². The number of carbonyl (C=O) groups excluding carboxylic acids is 3. The van der Waals surface area contributed by atoms with Gasteiger partial charge in [0.2, 0.25) is 11.8 Å². The number of hydrogen-bond donors (Lipinski definition) is 1. The van der Waals surface area contributed by atoms with Crippen LogP contribution in [0.5, 0.6) is 0 Å². The molecule has 2 aliphatic rings.